The average molecular weight is 273 g/mol. The first-order valence-corrected chi connectivity index (χ1v) is 6.12. The fraction of sp³-hybridized carbons (Fsp3) is 0.417. The molecule has 1 rings (SSSR count). The van der Waals surface area contributed by atoms with E-state index < -0.39 is 0 Å². The molecule has 15 heavy (non-hydrogen) atoms. The normalized spacial score (nSPS) is 10.3. The van der Waals surface area contributed by atoms with Crippen molar-refractivity contribution in [1.82, 2.24) is 0 Å². The van der Waals surface area contributed by atoms with Crippen LogP contribution in [-0.4, -0.2) is 11.1 Å². The van der Waals surface area contributed by atoms with Crippen molar-refractivity contribution in [3.05, 3.63) is 35.1 Å². The van der Waals surface area contributed by atoms with Crippen molar-refractivity contribution in [2.75, 3.05) is 5.33 Å². The zero-order chi connectivity index (χ0) is 11.3. The smallest absolute Gasteiger partial charge is 0.162 e. The van der Waals surface area contributed by atoms with Crippen LogP contribution in [-0.2, 0) is 0 Å². The van der Waals surface area contributed by atoms with Crippen LogP contribution in [0.3, 0.4) is 0 Å². The molecule has 0 heterocycles. The number of benzene rings is 1. The summed E-state index contributed by atoms with van der Waals surface area (Å²) in [6.45, 7) is 1.79. The minimum Gasteiger partial charge on any atom is -0.294 e. The Labute approximate surface area is 97.8 Å². The van der Waals surface area contributed by atoms with Crippen molar-refractivity contribution in [3.8, 4) is 0 Å². The summed E-state index contributed by atoms with van der Waals surface area (Å²) >= 11 is 3.31. The molecule has 0 amide bonds. The number of ketones is 1. The van der Waals surface area contributed by atoms with Gasteiger partial charge in [0.15, 0.2) is 5.78 Å². The molecule has 3 heteroatoms. The van der Waals surface area contributed by atoms with Crippen LogP contribution in [0.5, 0.6) is 0 Å². The van der Waals surface area contributed by atoms with Gasteiger partial charge in [-0.05, 0) is 43.5 Å². The predicted molar refractivity (Wildman–Crippen MR) is 63.1 cm³/mol. The number of carbonyl (C=O) groups excluding carboxylic acids is 1. The molecule has 1 aromatic rings. The summed E-state index contributed by atoms with van der Waals surface area (Å²) in [7, 11) is 0. The topological polar surface area (TPSA) is 17.1 Å². The third-order valence-electron chi connectivity index (χ3n) is 2.15. The zero-order valence-electron chi connectivity index (χ0n) is 8.72. The summed E-state index contributed by atoms with van der Waals surface area (Å²) in [6, 6.07) is 4.47. The average Bonchev–Trinajstić information content (AvgIpc) is 2.16. The molecular weight excluding hydrogens is 259 g/mol. The van der Waals surface area contributed by atoms with Crippen LogP contribution in [0.1, 0.15) is 35.2 Å². The number of aryl methyl sites for hydroxylation is 1. The highest BCUT2D eigenvalue weighted by molar-refractivity contribution is 9.09. The third kappa shape index (κ3) is 4.12. The highest BCUT2D eigenvalue weighted by atomic mass is 79.9. The summed E-state index contributed by atoms with van der Waals surface area (Å²) < 4.78 is 13.0. The molecule has 0 atom stereocenters. The summed E-state index contributed by atoms with van der Waals surface area (Å²) in [5.41, 5.74) is 1.28. The third-order valence-corrected chi connectivity index (χ3v) is 2.71. The number of Topliss-reactive ketones (excluding diaryl/α,β-unsaturated/α-hetero) is 1. The van der Waals surface area contributed by atoms with Gasteiger partial charge in [0.05, 0.1) is 0 Å². The lowest BCUT2D eigenvalue weighted by molar-refractivity contribution is 0.0979. The van der Waals surface area contributed by atoms with E-state index in [2.05, 4.69) is 15.9 Å². The summed E-state index contributed by atoms with van der Waals surface area (Å²) in [4.78, 5) is 11.6. The van der Waals surface area contributed by atoms with Gasteiger partial charge in [-0.3, -0.25) is 4.79 Å². The van der Waals surface area contributed by atoms with Gasteiger partial charge in [-0.25, -0.2) is 4.39 Å². The van der Waals surface area contributed by atoms with E-state index in [0.29, 0.717) is 12.0 Å². The Morgan fingerprint density at radius 2 is 2.07 bits per heavy atom. The molecule has 0 aliphatic carbocycles. The SMILES string of the molecule is Cc1cc(F)cc(C(=O)CCCCBr)c1. The van der Waals surface area contributed by atoms with Gasteiger partial charge in [-0.15, -0.1) is 0 Å². The quantitative estimate of drug-likeness (QED) is 0.452. The molecule has 0 N–H and O–H groups in total. The van der Waals surface area contributed by atoms with Crippen molar-refractivity contribution >= 4 is 21.7 Å². The van der Waals surface area contributed by atoms with E-state index in [1.165, 1.54) is 12.1 Å². The maximum atomic E-state index is 13.0. The number of unbranched alkanes of at least 4 members (excludes halogenated alkanes) is 1. The van der Waals surface area contributed by atoms with Crippen LogP contribution >= 0.6 is 15.9 Å². The number of carbonyl (C=O) groups is 1. The second-order valence-corrected chi connectivity index (χ2v) is 4.38. The lowest BCUT2D eigenvalue weighted by Gasteiger charge is -2.02. The molecule has 0 unspecified atom stereocenters. The van der Waals surface area contributed by atoms with Gasteiger partial charge in [0, 0.05) is 17.3 Å². The molecule has 0 aliphatic rings. The molecule has 0 fully saturated rings. The van der Waals surface area contributed by atoms with Gasteiger partial charge in [0.2, 0.25) is 0 Å². The second-order valence-electron chi connectivity index (χ2n) is 3.59. The van der Waals surface area contributed by atoms with Gasteiger partial charge in [0.1, 0.15) is 5.82 Å². The molecule has 1 nitrogen and oxygen atoms in total. The first-order chi connectivity index (χ1) is 7.13. The van der Waals surface area contributed by atoms with Gasteiger partial charge in [0.25, 0.3) is 0 Å². The Bertz CT molecular complexity index is 329. The van der Waals surface area contributed by atoms with Crippen LogP contribution in [0.15, 0.2) is 18.2 Å². The zero-order valence-corrected chi connectivity index (χ0v) is 10.3. The predicted octanol–water partition coefficient (Wildman–Crippen LogP) is 3.88. The standard InChI is InChI=1S/C12H14BrFO/c1-9-6-10(8-11(14)7-9)12(15)4-2-3-5-13/h6-8H,2-5H2,1H3. The minimum absolute atomic E-state index is 0.0264. The van der Waals surface area contributed by atoms with Gasteiger partial charge >= 0.3 is 0 Å². The number of hydrogen-bond acceptors (Lipinski definition) is 1. The first-order valence-electron chi connectivity index (χ1n) is 5.00. The molecule has 0 aromatic heterocycles. The monoisotopic (exact) mass is 272 g/mol. The van der Waals surface area contributed by atoms with Crippen molar-refractivity contribution in [1.29, 1.82) is 0 Å². The van der Waals surface area contributed by atoms with Crippen molar-refractivity contribution in [3.63, 3.8) is 0 Å². The lowest BCUT2D eigenvalue weighted by atomic mass is 10.0. The minimum atomic E-state index is -0.334. The highest BCUT2D eigenvalue weighted by Gasteiger charge is 2.07. The molecule has 0 spiro atoms. The molecule has 1 aromatic carbocycles. The summed E-state index contributed by atoms with van der Waals surface area (Å²) in [5, 5.41) is 0.905. The summed E-state index contributed by atoms with van der Waals surface area (Å²) in [6.07, 6.45) is 2.31. The van der Waals surface area contributed by atoms with Gasteiger partial charge < -0.3 is 0 Å². The fourth-order valence-corrected chi connectivity index (χ4v) is 1.82. The van der Waals surface area contributed by atoms with Crippen LogP contribution in [0.2, 0.25) is 0 Å². The van der Waals surface area contributed by atoms with Crippen LogP contribution < -0.4 is 0 Å². The molecule has 0 radical (unpaired) electrons. The molecular formula is C12H14BrFO. The second kappa shape index (κ2) is 6.01. The fourth-order valence-electron chi connectivity index (χ4n) is 1.42. The maximum absolute atomic E-state index is 13.0. The van der Waals surface area contributed by atoms with Crippen LogP contribution in [0.4, 0.5) is 4.39 Å². The van der Waals surface area contributed by atoms with Gasteiger partial charge in [-0.1, -0.05) is 15.9 Å². The largest absolute Gasteiger partial charge is 0.294 e. The Morgan fingerprint density at radius 3 is 2.67 bits per heavy atom. The number of rotatable bonds is 5. The Hall–Kier alpha value is -0.700. The Morgan fingerprint density at radius 1 is 1.33 bits per heavy atom. The van der Waals surface area contributed by atoms with Crippen molar-refractivity contribution in [2.45, 2.75) is 26.2 Å². The molecule has 0 bridgehead atoms. The number of alkyl halides is 1. The van der Waals surface area contributed by atoms with Crippen molar-refractivity contribution in [2.24, 2.45) is 0 Å². The number of halogens is 2. The van der Waals surface area contributed by atoms with Crippen LogP contribution in [0.25, 0.3) is 0 Å². The van der Waals surface area contributed by atoms with E-state index in [9.17, 15) is 9.18 Å². The van der Waals surface area contributed by atoms with E-state index in [1.54, 1.807) is 13.0 Å². The van der Waals surface area contributed by atoms with Crippen molar-refractivity contribution < 1.29 is 9.18 Å². The Balaban J connectivity index is 2.65. The van der Waals surface area contributed by atoms with E-state index in [-0.39, 0.29) is 11.6 Å². The van der Waals surface area contributed by atoms with Crippen LogP contribution in [0, 0.1) is 12.7 Å². The summed E-state index contributed by atoms with van der Waals surface area (Å²) in [5.74, 6) is -0.308. The lowest BCUT2D eigenvalue weighted by Crippen LogP contribution is -2.00. The Kier molecular flexibility index (Phi) is 4.95. The van der Waals surface area contributed by atoms with E-state index in [1.807, 2.05) is 0 Å². The van der Waals surface area contributed by atoms with E-state index in [0.717, 1.165) is 23.7 Å². The maximum Gasteiger partial charge on any atom is 0.162 e. The first kappa shape index (κ1) is 12.4. The number of hydrogen-bond donors (Lipinski definition) is 0. The molecule has 0 aliphatic heterocycles. The highest BCUT2D eigenvalue weighted by Crippen LogP contribution is 2.12. The van der Waals surface area contributed by atoms with E-state index in [4.69, 9.17) is 0 Å². The van der Waals surface area contributed by atoms with Gasteiger partial charge in [-0.2, -0.15) is 0 Å². The molecule has 82 valence electrons. The van der Waals surface area contributed by atoms with E-state index >= 15 is 0 Å². The molecule has 0 saturated heterocycles. The molecule has 0 saturated carbocycles.